The predicted molar refractivity (Wildman–Crippen MR) is 111 cm³/mol. The summed E-state index contributed by atoms with van der Waals surface area (Å²) in [6, 6.07) is 11.5. The zero-order chi connectivity index (χ0) is 21.0. The number of carbonyl (C=O) groups excluding carboxylic acids is 2. The van der Waals surface area contributed by atoms with E-state index in [0.717, 1.165) is 23.6 Å². The molecule has 6 heteroatoms. The molecular weight excluding hydrogens is 370 g/mol. The lowest BCUT2D eigenvalue weighted by Crippen LogP contribution is -2.42. The summed E-state index contributed by atoms with van der Waals surface area (Å²) < 4.78 is 16.4. The summed E-state index contributed by atoms with van der Waals surface area (Å²) in [5.74, 6) is 0.432. The first-order valence-electron chi connectivity index (χ1n) is 9.98. The third-order valence-electron chi connectivity index (χ3n) is 4.99. The fourth-order valence-corrected chi connectivity index (χ4v) is 3.42. The number of nitrogens with zero attached hydrogens (tertiary/aromatic N) is 1. The second-order valence-electron chi connectivity index (χ2n) is 8.41. The van der Waals surface area contributed by atoms with Crippen molar-refractivity contribution < 1.29 is 23.8 Å². The van der Waals surface area contributed by atoms with E-state index in [9.17, 15) is 9.59 Å². The number of hydrogen-bond acceptors (Lipinski definition) is 5. The largest absolute Gasteiger partial charge is 0.492 e. The van der Waals surface area contributed by atoms with Gasteiger partial charge in [-0.25, -0.2) is 9.59 Å². The lowest BCUT2D eigenvalue weighted by atomic mass is 9.98. The van der Waals surface area contributed by atoms with Gasteiger partial charge in [-0.3, -0.25) is 0 Å². The number of fused-ring (bicyclic) bond motifs is 1. The maximum atomic E-state index is 12.2. The maximum Gasteiger partial charge on any atom is 0.410 e. The molecule has 0 aliphatic carbocycles. The van der Waals surface area contributed by atoms with Gasteiger partial charge in [0.25, 0.3) is 0 Å². The van der Waals surface area contributed by atoms with Gasteiger partial charge in [0, 0.05) is 13.1 Å². The molecule has 1 aliphatic rings. The van der Waals surface area contributed by atoms with Crippen LogP contribution in [0.5, 0.6) is 5.75 Å². The van der Waals surface area contributed by atoms with Crippen molar-refractivity contribution in [3.05, 3.63) is 42.0 Å². The number of amides is 1. The van der Waals surface area contributed by atoms with Crippen LogP contribution in [0.4, 0.5) is 4.79 Å². The van der Waals surface area contributed by atoms with Gasteiger partial charge in [0.2, 0.25) is 0 Å². The molecule has 0 atom stereocenters. The first-order chi connectivity index (χ1) is 13.8. The normalized spacial score (nSPS) is 15.2. The molecule has 3 rings (SSSR count). The topological polar surface area (TPSA) is 65.1 Å². The van der Waals surface area contributed by atoms with E-state index in [1.54, 1.807) is 4.90 Å². The Balaban J connectivity index is 1.63. The van der Waals surface area contributed by atoms with Crippen LogP contribution in [-0.2, 0) is 9.47 Å². The zero-order valence-corrected chi connectivity index (χ0v) is 17.6. The Morgan fingerprint density at radius 3 is 2.28 bits per heavy atom. The Labute approximate surface area is 171 Å². The van der Waals surface area contributed by atoms with E-state index in [-0.39, 0.29) is 6.09 Å². The number of piperidine rings is 1. The summed E-state index contributed by atoms with van der Waals surface area (Å²) in [5.41, 5.74) is -0.0605. The van der Waals surface area contributed by atoms with Crippen molar-refractivity contribution in [1.82, 2.24) is 4.90 Å². The van der Waals surface area contributed by atoms with Gasteiger partial charge >= 0.3 is 12.1 Å². The summed E-state index contributed by atoms with van der Waals surface area (Å²) >= 11 is 0. The highest BCUT2D eigenvalue weighted by atomic mass is 16.6. The fraction of sp³-hybridized carbons (Fsp3) is 0.478. The molecule has 6 nitrogen and oxygen atoms in total. The molecule has 1 aliphatic heterocycles. The Bertz CT molecular complexity index is 878. The highest BCUT2D eigenvalue weighted by Gasteiger charge is 2.27. The number of carbonyl (C=O) groups is 2. The fourth-order valence-electron chi connectivity index (χ4n) is 3.42. The average Bonchev–Trinajstić information content (AvgIpc) is 2.70. The van der Waals surface area contributed by atoms with Gasteiger partial charge < -0.3 is 19.1 Å². The van der Waals surface area contributed by atoms with Crippen LogP contribution >= 0.6 is 0 Å². The van der Waals surface area contributed by atoms with E-state index in [2.05, 4.69) is 0 Å². The van der Waals surface area contributed by atoms with Gasteiger partial charge in [-0.2, -0.15) is 0 Å². The second kappa shape index (κ2) is 8.72. The van der Waals surface area contributed by atoms with Gasteiger partial charge in [-0.05, 0) is 62.4 Å². The first kappa shape index (κ1) is 21.0. The molecule has 1 fully saturated rings. The molecule has 2 aromatic carbocycles. The Morgan fingerprint density at radius 1 is 1.07 bits per heavy atom. The van der Waals surface area contributed by atoms with Crippen molar-refractivity contribution >= 4 is 22.8 Å². The van der Waals surface area contributed by atoms with E-state index in [4.69, 9.17) is 14.2 Å². The monoisotopic (exact) mass is 399 g/mol. The van der Waals surface area contributed by atoms with E-state index in [0.29, 0.717) is 36.9 Å². The number of benzene rings is 2. The van der Waals surface area contributed by atoms with Gasteiger partial charge in [-0.1, -0.05) is 24.3 Å². The summed E-state index contributed by atoms with van der Waals surface area (Å²) in [6.45, 7) is 7.38. The summed E-state index contributed by atoms with van der Waals surface area (Å²) in [5, 5.41) is 1.97. The summed E-state index contributed by atoms with van der Waals surface area (Å²) in [7, 11) is 1.37. The van der Waals surface area contributed by atoms with Crippen LogP contribution in [0.2, 0.25) is 0 Å². The van der Waals surface area contributed by atoms with Crippen LogP contribution in [0.15, 0.2) is 36.4 Å². The highest BCUT2D eigenvalue weighted by Crippen LogP contribution is 2.28. The summed E-state index contributed by atoms with van der Waals surface area (Å²) in [6.07, 6.45) is 1.40. The first-order valence-corrected chi connectivity index (χ1v) is 9.98. The molecular formula is C23H29NO5. The molecule has 0 aromatic heterocycles. The molecule has 0 bridgehead atoms. The molecule has 0 spiro atoms. The van der Waals surface area contributed by atoms with E-state index in [1.165, 1.54) is 7.11 Å². The minimum Gasteiger partial charge on any atom is -0.492 e. The minimum absolute atomic E-state index is 0.264. The molecule has 0 N–H and O–H groups in total. The third-order valence-corrected chi connectivity index (χ3v) is 4.99. The summed E-state index contributed by atoms with van der Waals surface area (Å²) in [4.78, 5) is 26.1. The number of methoxy groups -OCH3 is 1. The number of likely N-dealkylation sites (tertiary alicyclic amines) is 1. The molecule has 0 radical (unpaired) electrons. The number of ether oxygens (including phenoxy) is 3. The van der Waals surface area contributed by atoms with E-state index < -0.39 is 11.6 Å². The Hall–Kier alpha value is -2.76. The number of esters is 1. The van der Waals surface area contributed by atoms with Crippen molar-refractivity contribution in [3.8, 4) is 5.75 Å². The van der Waals surface area contributed by atoms with Gasteiger partial charge in [0.05, 0.1) is 13.7 Å². The second-order valence-corrected chi connectivity index (χ2v) is 8.41. The van der Waals surface area contributed by atoms with Crippen LogP contribution in [-0.4, -0.2) is 49.4 Å². The third kappa shape index (κ3) is 5.40. The molecule has 1 heterocycles. The van der Waals surface area contributed by atoms with Crippen molar-refractivity contribution in [2.24, 2.45) is 5.92 Å². The van der Waals surface area contributed by atoms with Crippen molar-refractivity contribution in [1.29, 1.82) is 0 Å². The van der Waals surface area contributed by atoms with Crippen molar-refractivity contribution in [3.63, 3.8) is 0 Å². The van der Waals surface area contributed by atoms with Gasteiger partial charge in [-0.15, -0.1) is 0 Å². The SMILES string of the molecule is COC(=O)c1cc2ccccc2cc1OCC1CCN(C(=O)OC(C)(C)C)CC1. The smallest absolute Gasteiger partial charge is 0.410 e. The average molecular weight is 399 g/mol. The molecule has 1 saturated heterocycles. The van der Waals surface area contributed by atoms with E-state index >= 15 is 0 Å². The van der Waals surface area contributed by atoms with Crippen LogP contribution in [0.1, 0.15) is 44.0 Å². The standard InChI is InChI=1S/C23H29NO5/c1-23(2,3)29-22(26)24-11-9-16(10-12-24)15-28-20-14-18-8-6-5-7-17(18)13-19(20)21(25)27-4/h5-8,13-14,16H,9-12,15H2,1-4H3. The van der Waals surface area contributed by atoms with E-state index in [1.807, 2.05) is 57.2 Å². The van der Waals surface area contributed by atoms with Gasteiger partial charge in [0.15, 0.2) is 0 Å². The molecule has 29 heavy (non-hydrogen) atoms. The quantitative estimate of drug-likeness (QED) is 0.700. The number of rotatable bonds is 4. The molecule has 0 saturated carbocycles. The van der Waals surface area contributed by atoms with Crippen LogP contribution in [0, 0.1) is 5.92 Å². The number of hydrogen-bond donors (Lipinski definition) is 0. The van der Waals surface area contributed by atoms with Crippen LogP contribution in [0.3, 0.4) is 0 Å². The predicted octanol–water partition coefficient (Wildman–Crippen LogP) is 4.65. The zero-order valence-electron chi connectivity index (χ0n) is 17.6. The van der Waals surface area contributed by atoms with Gasteiger partial charge in [0.1, 0.15) is 16.9 Å². The molecule has 2 aromatic rings. The molecule has 1 amide bonds. The van der Waals surface area contributed by atoms with Crippen LogP contribution < -0.4 is 4.74 Å². The molecule has 156 valence electrons. The lowest BCUT2D eigenvalue weighted by Gasteiger charge is -2.33. The molecule has 0 unspecified atom stereocenters. The Kier molecular flexibility index (Phi) is 6.30. The highest BCUT2D eigenvalue weighted by molar-refractivity contribution is 5.98. The van der Waals surface area contributed by atoms with Crippen molar-refractivity contribution in [2.45, 2.75) is 39.2 Å². The Morgan fingerprint density at radius 2 is 1.69 bits per heavy atom. The van der Waals surface area contributed by atoms with Crippen molar-refractivity contribution in [2.75, 3.05) is 26.8 Å². The van der Waals surface area contributed by atoms with Crippen LogP contribution in [0.25, 0.3) is 10.8 Å². The maximum absolute atomic E-state index is 12.2. The lowest BCUT2D eigenvalue weighted by molar-refractivity contribution is 0.0164. The minimum atomic E-state index is -0.489.